The van der Waals surface area contributed by atoms with Crippen LogP contribution in [0.4, 0.5) is 18.9 Å². The lowest BCUT2D eigenvalue weighted by molar-refractivity contribution is -0.385. The van der Waals surface area contributed by atoms with Crippen LogP contribution in [0.5, 0.6) is 5.75 Å². The van der Waals surface area contributed by atoms with Crippen LogP contribution in [-0.2, 0) is 22.2 Å². The number of methoxy groups -OCH3 is 1. The third-order valence-corrected chi connectivity index (χ3v) is 4.56. The average molecular weight is 427 g/mol. The highest BCUT2D eigenvalue weighted by molar-refractivity contribution is 5.94. The number of carboxylic acid groups (broad SMARTS) is 2. The number of rotatable bonds is 8. The smallest absolute Gasteiger partial charge is 0.416 e. The second-order valence-electron chi connectivity index (χ2n) is 6.30. The molecule has 160 valence electrons. The average Bonchev–Trinajstić information content (AvgIpc) is 2.66. The van der Waals surface area contributed by atoms with Gasteiger partial charge < -0.3 is 14.9 Å². The lowest BCUT2D eigenvalue weighted by atomic mass is 9.80. The molecule has 2 aromatic carbocycles. The first kappa shape index (κ1) is 22.7. The minimum absolute atomic E-state index is 0.0804. The van der Waals surface area contributed by atoms with Gasteiger partial charge in [0.2, 0.25) is 0 Å². The summed E-state index contributed by atoms with van der Waals surface area (Å²) < 4.78 is 45.4. The van der Waals surface area contributed by atoms with E-state index in [9.17, 15) is 43.1 Å². The third kappa shape index (κ3) is 4.85. The van der Waals surface area contributed by atoms with Gasteiger partial charge in [-0.25, -0.2) is 0 Å². The minimum Gasteiger partial charge on any atom is -0.497 e. The molecular weight excluding hydrogens is 411 g/mol. The van der Waals surface area contributed by atoms with E-state index in [0.29, 0.717) is 11.8 Å². The van der Waals surface area contributed by atoms with E-state index in [2.05, 4.69) is 0 Å². The van der Waals surface area contributed by atoms with Crippen LogP contribution in [0.2, 0.25) is 0 Å². The Balaban J connectivity index is 2.70. The first-order valence-electron chi connectivity index (χ1n) is 8.40. The van der Waals surface area contributed by atoms with Gasteiger partial charge in [0.15, 0.2) is 5.92 Å². The fraction of sp³-hybridized carbons (Fsp3) is 0.263. The standard InChI is InChI=1S/C19H16F3NO7/c1-30-11-7-5-10(6-8-11)12(16(17(24)25)18(26)27)9-13-14(19(20,21)22)3-2-4-15(13)23(28)29/h2-8,12,16H,9H2,1H3,(H,24,25)(H,26,27). The van der Waals surface area contributed by atoms with Crippen LogP contribution in [0, 0.1) is 16.0 Å². The lowest BCUT2D eigenvalue weighted by Crippen LogP contribution is -2.31. The van der Waals surface area contributed by atoms with Crippen molar-refractivity contribution in [3.8, 4) is 5.75 Å². The molecule has 2 aromatic rings. The summed E-state index contributed by atoms with van der Waals surface area (Å²) >= 11 is 0. The van der Waals surface area contributed by atoms with Gasteiger partial charge in [0, 0.05) is 17.5 Å². The summed E-state index contributed by atoms with van der Waals surface area (Å²) in [5.74, 6) is -6.88. The number of hydrogen-bond acceptors (Lipinski definition) is 5. The van der Waals surface area contributed by atoms with Crippen molar-refractivity contribution < 1.29 is 42.6 Å². The Morgan fingerprint density at radius 1 is 1.10 bits per heavy atom. The van der Waals surface area contributed by atoms with Gasteiger partial charge in [-0.3, -0.25) is 19.7 Å². The molecular formula is C19H16F3NO7. The molecule has 0 saturated carbocycles. The minimum atomic E-state index is -4.96. The van der Waals surface area contributed by atoms with Crippen LogP contribution in [0.1, 0.15) is 22.6 Å². The molecule has 0 aliphatic rings. The van der Waals surface area contributed by atoms with E-state index >= 15 is 0 Å². The SMILES string of the molecule is COc1ccc(C(Cc2c([N+](=O)[O-])cccc2C(F)(F)F)C(C(=O)O)C(=O)O)cc1. The molecule has 0 radical (unpaired) electrons. The number of ether oxygens (including phenoxy) is 1. The monoisotopic (exact) mass is 427 g/mol. The predicted molar refractivity (Wildman–Crippen MR) is 96.3 cm³/mol. The van der Waals surface area contributed by atoms with Crippen molar-refractivity contribution in [3.05, 3.63) is 69.3 Å². The van der Waals surface area contributed by atoms with Crippen LogP contribution < -0.4 is 4.74 Å². The Morgan fingerprint density at radius 3 is 2.10 bits per heavy atom. The van der Waals surface area contributed by atoms with Gasteiger partial charge >= 0.3 is 18.1 Å². The number of carboxylic acids is 2. The van der Waals surface area contributed by atoms with Gasteiger partial charge in [-0.2, -0.15) is 13.2 Å². The first-order chi connectivity index (χ1) is 14.0. The van der Waals surface area contributed by atoms with E-state index < -0.39 is 58.1 Å². The van der Waals surface area contributed by atoms with E-state index in [1.54, 1.807) is 0 Å². The van der Waals surface area contributed by atoms with Crippen LogP contribution in [-0.4, -0.2) is 34.2 Å². The topological polar surface area (TPSA) is 127 Å². The van der Waals surface area contributed by atoms with E-state index in [-0.39, 0.29) is 5.56 Å². The zero-order chi connectivity index (χ0) is 22.6. The molecule has 11 heteroatoms. The second-order valence-corrected chi connectivity index (χ2v) is 6.30. The van der Waals surface area contributed by atoms with Crippen molar-refractivity contribution in [1.82, 2.24) is 0 Å². The number of alkyl halides is 3. The molecule has 0 aliphatic carbocycles. The highest BCUT2D eigenvalue weighted by Gasteiger charge is 2.41. The van der Waals surface area contributed by atoms with Crippen molar-refractivity contribution >= 4 is 17.6 Å². The highest BCUT2D eigenvalue weighted by atomic mass is 19.4. The van der Waals surface area contributed by atoms with Crippen molar-refractivity contribution in [1.29, 1.82) is 0 Å². The highest BCUT2D eigenvalue weighted by Crippen LogP contribution is 2.40. The Bertz CT molecular complexity index is 944. The van der Waals surface area contributed by atoms with Crippen LogP contribution in [0.3, 0.4) is 0 Å². The number of nitro benzene ring substituents is 1. The Morgan fingerprint density at radius 2 is 1.67 bits per heavy atom. The summed E-state index contributed by atoms with van der Waals surface area (Å²) in [6.07, 6.45) is -5.80. The molecule has 1 atom stereocenters. The Labute approximate surface area is 167 Å². The molecule has 0 saturated heterocycles. The molecule has 8 nitrogen and oxygen atoms in total. The number of aliphatic carboxylic acids is 2. The normalized spacial score (nSPS) is 12.4. The molecule has 0 fully saturated rings. The number of nitro groups is 1. The summed E-state index contributed by atoms with van der Waals surface area (Å²) in [6.45, 7) is 0. The molecule has 0 bridgehead atoms. The van der Waals surface area contributed by atoms with E-state index in [1.807, 2.05) is 0 Å². The van der Waals surface area contributed by atoms with Gasteiger partial charge in [-0.05, 0) is 30.2 Å². The summed E-state index contributed by atoms with van der Waals surface area (Å²) in [5.41, 5.74) is -2.91. The van der Waals surface area contributed by atoms with Crippen molar-refractivity contribution in [3.63, 3.8) is 0 Å². The quantitative estimate of drug-likeness (QED) is 0.373. The summed E-state index contributed by atoms with van der Waals surface area (Å²) in [4.78, 5) is 33.5. The van der Waals surface area contributed by atoms with Gasteiger partial charge in [0.1, 0.15) is 5.75 Å². The fourth-order valence-electron chi connectivity index (χ4n) is 3.17. The molecule has 1 unspecified atom stereocenters. The molecule has 0 spiro atoms. The number of hydrogen-bond donors (Lipinski definition) is 2. The zero-order valence-electron chi connectivity index (χ0n) is 15.4. The Hall–Kier alpha value is -3.63. The molecule has 0 heterocycles. The fourth-order valence-corrected chi connectivity index (χ4v) is 3.17. The second kappa shape index (κ2) is 8.80. The maximum Gasteiger partial charge on any atom is 0.416 e. The Kier molecular flexibility index (Phi) is 6.65. The molecule has 0 amide bonds. The van der Waals surface area contributed by atoms with Gasteiger partial charge in [0.25, 0.3) is 5.69 Å². The largest absolute Gasteiger partial charge is 0.497 e. The molecule has 2 rings (SSSR count). The van der Waals surface area contributed by atoms with Crippen LogP contribution in [0.15, 0.2) is 42.5 Å². The third-order valence-electron chi connectivity index (χ3n) is 4.56. The summed E-state index contributed by atoms with van der Waals surface area (Å²) in [6, 6.07) is 7.73. The summed E-state index contributed by atoms with van der Waals surface area (Å²) in [7, 11) is 1.35. The van der Waals surface area contributed by atoms with Gasteiger partial charge in [-0.15, -0.1) is 0 Å². The van der Waals surface area contributed by atoms with Crippen LogP contribution in [0.25, 0.3) is 0 Å². The lowest BCUT2D eigenvalue weighted by Gasteiger charge is -2.23. The van der Waals surface area contributed by atoms with E-state index in [0.717, 1.165) is 12.1 Å². The van der Waals surface area contributed by atoms with Crippen molar-refractivity contribution in [2.75, 3.05) is 7.11 Å². The van der Waals surface area contributed by atoms with Crippen molar-refractivity contribution in [2.24, 2.45) is 5.92 Å². The predicted octanol–water partition coefficient (Wildman–Crippen LogP) is 3.73. The maximum atomic E-state index is 13.5. The van der Waals surface area contributed by atoms with E-state index in [4.69, 9.17) is 4.74 Å². The molecule has 0 aromatic heterocycles. The van der Waals surface area contributed by atoms with Crippen LogP contribution >= 0.6 is 0 Å². The van der Waals surface area contributed by atoms with Gasteiger partial charge in [0.05, 0.1) is 17.6 Å². The number of nitrogens with zero attached hydrogens (tertiary/aromatic N) is 1. The van der Waals surface area contributed by atoms with E-state index in [1.165, 1.54) is 31.4 Å². The molecule has 2 N–H and O–H groups in total. The number of halogens is 3. The van der Waals surface area contributed by atoms with Crippen molar-refractivity contribution in [2.45, 2.75) is 18.5 Å². The first-order valence-corrected chi connectivity index (χ1v) is 8.40. The molecule has 30 heavy (non-hydrogen) atoms. The molecule has 0 aliphatic heterocycles. The zero-order valence-corrected chi connectivity index (χ0v) is 15.4. The summed E-state index contributed by atoms with van der Waals surface area (Å²) in [5, 5.41) is 30.1. The number of carbonyl (C=O) groups is 2. The van der Waals surface area contributed by atoms with Gasteiger partial charge in [-0.1, -0.05) is 18.2 Å². The maximum absolute atomic E-state index is 13.5. The number of benzene rings is 2.